The molecule has 2 aromatic rings. The molecule has 0 amide bonds. The Kier molecular flexibility index (Phi) is 5.72. The van der Waals surface area contributed by atoms with Gasteiger partial charge in [-0.1, -0.05) is 73.5 Å². The third kappa shape index (κ3) is 3.97. The van der Waals surface area contributed by atoms with Crippen molar-refractivity contribution in [2.24, 2.45) is 17.8 Å². The number of likely N-dealkylation sites (N-methyl/N-ethyl adjacent to an activating group) is 1. The molecule has 164 valence electrons. The van der Waals surface area contributed by atoms with E-state index in [1.807, 2.05) is 30.3 Å². The lowest BCUT2D eigenvalue weighted by atomic mass is 9.77. The Labute approximate surface area is 185 Å². The van der Waals surface area contributed by atoms with E-state index in [1.165, 1.54) is 5.56 Å². The number of aliphatic hydroxyl groups is 1. The summed E-state index contributed by atoms with van der Waals surface area (Å²) in [7, 11) is 2.07. The SMILES string of the molecule is CN(CC(=O)C(O)(c1ccccc1)C1CCCC1)C1C2CN(Cc3ccccc3)CC21. The summed E-state index contributed by atoms with van der Waals surface area (Å²) in [6, 6.07) is 20.8. The van der Waals surface area contributed by atoms with Crippen LogP contribution >= 0.6 is 0 Å². The van der Waals surface area contributed by atoms with Crippen LogP contribution in [0.25, 0.3) is 0 Å². The summed E-state index contributed by atoms with van der Waals surface area (Å²) in [5.41, 5.74) is 0.786. The molecule has 4 heteroatoms. The Morgan fingerprint density at radius 3 is 2.19 bits per heavy atom. The Morgan fingerprint density at radius 2 is 1.58 bits per heavy atom. The van der Waals surface area contributed by atoms with Crippen LogP contribution in [0.3, 0.4) is 0 Å². The van der Waals surface area contributed by atoms with Crippen LogP contribution in [0.5, 0.6) is 0 Å². The number of piperidine rings is 1. The van der Waals surface area contributed by atoms with E-state index in [0.29, 0.717) is 24.4 Å². The van der Waals surface area contributed by atoms with Gasteiger partial charge in [-0.3, -0.25) is 14.6 Å². The van der Waals surface area contributed by atoms with Crippen molar-refractivity contribution in [3.63, 3.8) is 0 Å². The van der Waals surface area contributed by atoms with Gasteiger partial charge in [0.05, 0.1) is 6.54 Å². The summed E-state index contributed by atoms with van der Waals surface area (Å²) < 4.78 is 0. The van der Waals surface area contributed by atoms with Crippen molar-refractivity contribution in [2.75, 3.05) is 26.7 Å². The van der Waals surface area contributed by atoms with Crippen molar-refractivity contribution >= 4 is 5.78 Å². The average molecular weight is 419 g/mol. The van der Waals surface area contributed by atoms with Crippen molar-refractivity contribution in [2.45, 2.75) is 43.9 Å². The molecule has 1 heterocycles. The minimum absolute atomic E-state index is 0.0285. The van der Waals surface area contributed by atoms with Crippen molar-refractivity contribution in [3.05, 3.63) is 71.8 Å². The number of benzene rings is 2. The maximum atomic E-state index is 13.5. The van der Waals surface area contributed by atoms with Crippen LogP contribution in [0.1, 0.15) is 36.8 Å². The summed E-state index contributed by atoms with van der Waals surface area (Å²) in [5, 5.41) is 11.7. The van der Waals surface area contributed by atoms with Crippen LogP contribution in [0.2, 0.25) is 0 Å². The van der Waals surface area contributed by atoms with E-state index < -0.39 is 5.60 Å². The fourth-order valence-electron chi connectivity index (χ4n) is 6.32. The summed E-state index contributed by atoms with van der Waals surface area (Å²) in [4.78, 5) is 18.3. The molecule has 3 fully saturated rings. The molecule has 1 aliphatic heterocycles. The first kappa shape index (κ1) is 20.9. The van der Waals surface area contributed by atoms with E-state index in [4.69, 9.17) is 0 Å². The van der Waals surface area contributed by atoms with Gasteiger partial charge in [-0.2, -0.15) is 0 Å². The molecule has 0 spiro atoms. The van der Waals surface area contributed by atoms with E-state index in [0.717, 1.165) is 50.9 Å². The number of ketones is 1. The maximum Gasteiger partial charge on any atom is 0.183 e. The number of fused-ring (bicyclic) bond motifs is 1. The quantitative estimate of drug-likeness (QED) is 0.710. The third-order valence-corrected chi connectivity index (χ3v) is 7.96. The van der Waals surface area contributed by atoms with Crippen LogP contribution in [0.4, 0.5) is 0 Å². The highest BCUT2D eigenvalue weighted by Crippen LogP contribution is 2.49. The molecule has 5 rings (SSSR count). The first-order valence-corrected chi connectivity index (χ1v) is 11.8. The Balaban J connectivity index is 1.21. The van der Waals surface area contributed by atoms with Crippen LogP contribution < -0.4 is 0 Å². The third-order valence-electron chi connectivity index (χ3n) is 7.96. The maximum absolute atomic E-state index is 13.5. The van der Waals surface area contributed by atoms with Gasteiger partial charge in [-0.05, 0) is 48.8 Å². The standard InChI is InChI=1S/C27H34N2O2/c1-28(26-23-17-29(18-24(23)26)16-20-10-4-2-5-11-20)19-25(30)27(31,22-14-8-9-15-22)21-12-6-3-7-13-21/h2-7,10-13,22-24,26,31H,8-9,14-19H2,1H3. The van der Waals surface area contributed by atoms with Crippen molar-refractivity contribution in [3.8, 4) is 0 Å². The summed E-state index contributed by atoms with van der Waals surface area (Å²) in [5.74, 6) is 1.31. The normalized spacial score (nSPS) is 27.9. The number of carbonyl (C=O) groups is 1. The molecule has 31 heavy (non-hydrogen) atoms. The molecule has 0 aromatic heterocycles. The number of likely N-dealkylation sites (tertiary alicyclic amines) is 1. The Morgan fingerprint density at radius 1 is 1.00 bits per heavy atom. The van der Waals surface area contributed by atoms with Gasteiger partial charge in [0.2, 0.25) is 0 Å². The minimum Gasteiger partial charge on any atom is -0.377 e. The number of hydrogen-bond acceptors (Lipinski definition) is 4. The van der Waals surface area contributed by atoms with Crippen molar-refractivity contribution < 1.29 is 9.90 Å². The first-order chi connectivity index (χ1) is 15.1. The second-order valence-corrected chi connectivity index (χ2v) is 9.95. The molecule has 3 aliphatic rings. The van der Waals surface area contributed by atoms with E-state index in [9.17, 15) is 9.90 Å². The zero-order valence-electron chi connectivity index (χ0n) is 18.5. The van der Waals surface area contributed by atoms with Gasteiger partial charge in [-0.25, -0.2) is 0 Å². The molecule has 3 unspecified atom stereocenters. The lowest BCUT2D eigenvalue weighted by molar-refractivity contribution is -0.146. The predicted molar refractivity (Wildman–Crippen MR) is 122 cm³/mol. The minimum atomic E-state index is -1.35. The molecule has 2 aliphatic carbocycles. The monoisotopic (exact) mass is 418 g/mol. The second-order valence-electron chi connectivity index (χ2n) is 9.95. The van der Waals surface area contributed by atoms with E-state index in [2.05, 4.69) is 47.2 Å². The van der Waals surface area contributed by atoms with Crippen LogP contribution in [0, 0.1) is 17.8 Å². The first-order valence-electron chi connectivity index (χ1n) is 11.8. The lowest BCUT2D eigenvalue weighted by Gasteiger charge is -2.35. The summed E-state index contributed by atoms with van der Waals surface area (Å²) >= 11 is 0. The van der Waals surface area contributed by atoms with Gasteiger partial charge < -0.3 is 5.11 Å². The molecule has 4 nitrogen and oxygen atoms in total. The molecular weight excluding hydrogens is 384 g/mol. The zero-order chi connectivity index (χ0) is 21.4. The number of rotatable bonds is 8. The average Bonchev–Trinajstić information content (AvgIpc) is 3.16. The molecule has 2 aromatic carbocycles. The molecule has 2 saturated carbocycles. The molecule has 3 atom stereocenters. The molecular formula is C27H34N2O2. The van der Waals surface area contributed by atoms with Gasteiger partial charge in [0.15, 0.2) is 11.4 Å². The number of Topliss-reactive ketones (excluding diaryl/α,β-unsaturated/α-hetero) is 1. The Bertz CT molecular complexity index is 884. The highest BCUT2D eigenvalue weighted by Gasteiger charge is 2.58. The van der Waals surface area contributed by atoms with Gasteiger partial charge >= 0.3 is 0 Å². The van der Waals surface area contributed by atoms with Gasteiger partial charge in [0.25, 0.3) is 0 Å². The Hall–Kier alpha value is -2.01. The summed E-state index contributed by atoms with van der Waals surface area (Å²) in [6.07, 6.45) is 4.08. The predicted octanol–water partition coefficient (Wildman–Crippen LogP) is 3.70. The highest BCUT2D eigenvalue weighted by atomic mass is 16.3. The smallest absolute Gasteiger partial charge is 0.183 e. The molecule has 1 N–H and O–H groups in total. The van der Waals surface area contributed by atoms with Gasteiger partial charge in [0, 0.05) is 25.7 Å². The molecule has 0 bridgehead atoms. The van der Waals surface area contributed by atoms with E-state index >= 15 is 0 Å². The highest BCUT2D eigenvalue weighted by molar-refractivity contribution is 5.90. The van der Waals surface area contributed by atoms with Crippen LogP contribution in [0.15, 0.2) is 60.7 Å². The second kappa shape index (κ2) is 8.50. The number of nitrogens with zero attached hydrogens (tertiary/aromatic N) is 2. The number of carbonyl (C=O) groups excluding carboxylic acids is 1. The zero-order valence-corrected chi connectivity index (χ0v) is 18.5. The van der Waals surface area contributed by atoms with Crippen LogP contribution in [-0.4, -0.2) is 53.4 Å². The molecule has 0 radical (unpaired) electrons. The lowest BCUT2D eigenvalue weighted by Crippen LogP contribution is -2.48. The summed E-state index contributed by atoms with van der Waals surface area (Å²) in [6.45, 7) is 3.56. The largest absolute Gasteiger partial charge is 0.377 e. The van der Waals surface area contributed by atoms with Gasteiger partial charge in [0.1, 0.15) is 0 Å². The topological polar surface area (TPSA) is 43.8 Å². The van der Waals surface area contributed by atoms with E-state index in [1.54, 1.807) is 0 Å². The fraction of sp³-hybridized carbons (Fsp3) is 0.519. The fourth-order valence-corrected chi connectivity index (χ4v) is 6.32. The van der Waals surface area contributed by atoms with Crippen molar-refractivity contribution in [1.29, 1.82) is 0 Å². The molecule has 1 saturated heterocycles. The van der Waals surface area contributed by atoms with Gasteiger partial charge in [-0.15, -0.1) is 0 Å². The number of hydrogen-bond donors (Lipinski definition) is 1. The van der Waals surface area contributed by atoms with Crippen LogP contribution in [-0.2, 0) is 16.9 Å². The van der Waals surface area contributed by atoms with Crippen molar-refractivity contribution in [1.82, 2.24) is 9.80 Å². The van der Waals surface area contributed by atoms with E-state index in [-0.39, 0.29) is 11.7 Å².